The second-order valence-electron chi connectivity index (χ2n) is 5.88. The van der Waals surface area contributed by atoms with E-state index in [9.17, 15) is 0 Å². The summed E-state index contributed by atoms with van der Waals surface area (Å²) < 4.78 is 7.07. The molecule has 0 saturated heterocycles. The van der Waals surface area contributed by atoms with Gasteiger partial charge in [0.15, 0.2) is 0 Å². The van der Waals surface area contributed by atoms with Gasteiger partial charge in [0, 0.05) is 30.5 Å². The van der Waals surface area contributed by atoms with Crippen LogP contribution in [-0.2, 0) is 6.54 Å². The molecule has 0 aliphatic rings. The van der Waals surface area contributed by atoms with Crippen molar-refractivity contribution in [2.75, 3.05) is 20.3 Å². The van der Waals surface area contributed by atoms with Crippen LogP contribution in [-0.4, -0.2) is 35.1 Å². The van der Waals surface area contributed by atoms with Gasteiger partial charge in [0.2, 0.25) is 0 Å². The molecule has 0 bridgehead atoms. The van der Waals surface area contributed by atoms with E-state index in [1.165, 1.54) is 0 Å². The predicted octanol–water partition coefficient (Wildman–Crippen LogP) is 3.67. The number of ether oxygens (including phenoxy) is 1. The minimum Gasteiger partial charge on any atom is -0.497 e. The Morgan fingerprint density at radius 2 is 1.92 bits per heavy atom. The first kappa shape index (κ1) is 18.5. The molecule has 1 heterocycles. The minimum absolute atomic E-state index is 0.176. The van der Waals surface area contributed by atoms with Crippen LogP contribution in [0.5, 0.6) is 5.75 Å². The lowest BCUT2D eigenvalue weighted by Gasteiger charge is -2.05. The lowest BCUT2D eigenvalue weighted by molar-refractivity contribution is 0.286. The number of nitrogens with one attached hydrogen (secondary N) is 1. The van der Waals surface area contributed by atoms with Crippen LogP contribution in [0, 0.1) is 0 Å². The standard InChI is InChI=1S/C20H22ClN3O2/c1-26-17-9-7-16(8-10-17)24-14-15(13-22-11-4-12-25)20(23-24)18-5-2-3-6-19(18)21/h2-3,5-10,14,22,25H,4,11-13H2,1H3. The zero-order chi connectivity index (χ0) is 18.4. The smallest absolute Gasteiger partial charge is 0.119 e. The van der Waals surface area contributed by atoms with Crippen molar-refractivity contribution in [1.82, 2.24) is 15.1 Å². The van der Waals surface area contributed by atoms with Crippen LogP contribution >= 0.6 is 11.6 Å². The summed E-state index contributed by atoms with van der Waals surface area (Å²) in [5.74, 6) is 0.804. The number of methoxy groups -OCH3 is 1. The molecule has 2 N–H and O–H groups in total. The lowest BCUT2D eigenvalue weighted by atomic mass is 10.1. The maximum atomic E-state index is 8.94. The van der Waals surface area contributed by atoms with Gasteiger partial charge in [-0.05, 0) is 43.3 Å². The molecule has 1 aromatic heterocycles. The van der Waals surface area contributed by atoms with Gasteiger partial charge in [0.05, 0.1) is 23.5 Å². The van der Waals surface area contributed by atoms with E-state index in [0.29, 0.717) is 18.0 Å². The van der Waals surface area contributed by atoms with E-state index in [1.807, 2.05) is 59.4 Å². The summed E-state index contributed by atoms with van der Waals surface area (Å²) in [5.41, 5.74) is 3.75. The zero-order valence-electron chi connectivity index (χ0n) is 14.7. The molecule has 26 heavy (non-hydrogen) atoms. The van der Waals surface area contributed by atoms with Crippen LogP contribution in [0.15, 0.2) is 54.7 Å². The number of benzene rings is 2. The topological polar surface area (TPSA) is 59.3 Å². The highest BCUT2D eigenvalue weighted by Crippen LogP contribution is 2.30. The first-order chi connectivity index (χ1) is 12.7. The monoisotopic (exact) mass is 371 g/mol. The summed E-state index contributed by atoms with van der Waals surface area (Å²) in [6.07, 6.45) is 2.72. The van der Waals surface area contributed by atoms with Crippen molar-refractivity contribution in [3.05, 3.63) is 65.3 Å². The van der Waals surface area contributed by atoms with Crippen LogP contribution in [0.3, 0.4) is 0 Å². The number of aliphatic hydroxyl groups is 1. The minimum atomic E-state index is 0.176. The molecule has 6 heteroatoms. The molecule has 0 radical (unpaired) electrons. The SMILES string of the molecule is COc1ccc(-n2cc(CNCCCO)c(-c3ccccc3Cl)n2)cc1. The fraction of sp³-hybridized carbons (Fsp3) is 0.250. The van der Waals surface area contributed by atoms with Gasteiger partial charge in [0.1, 0.15) is 5.75 Å². The Labute approximate surface area is 158 Å². The van der Waals surface area contributed by atoms with E-state index < -0.39 is 0 Å². The number of halogens is 1. The third-order valence-corrected chi connectivity index (χ3v) is 4.41. The number of rotatable bonds is 8. The van der Waals surface area contributed by atoms with Gasteiger partial charge in [-0.2, -0.15) is 5.10 Å². The summed E-state index contributed by atoms with van der Waals surface area (Å²) in [5, 5.41) is 17.7. The van der Waals surface area contributed by atoms with Gasteiger partial charge in [-0.15, -0.1) is 0 Å². The number of hydrogen-bond acceptors (Lipinski definition) is 4. The molecule has 0 unspecified atom stereocenters. The summed E-state index contributed by atoms with van der Waals surface area (Å²) >= 11 is 6.39. The maximum absolute atomic E-state index is 8.94. The first-order valence-corrected chi connectivity index (χ1v) is 8.90. The largest absolute Gasteiger partial charge is 0.497 e. The molecular formula is C20H22ClN3O2. The molecule has 0 fully saturated rings. The van der Waals surface area contributed by atoms with Crippen LogP contribution < -0.4 is 10.1 Å². The number of nitrogens with zero attached hydrogens (tertiary/aromatic N) is 2. The van der Waals surface area contributed by atoms with E-state index in [4.69, 9.17) is 26.5 Å². The average molecular weight is 372 g/mol. The predicted molar refractivity (Wildman–Crippen MR) is 104 cm³/mol. The Balaban J connectivity index is 1.95. The van der Waals surface area contributed by atoms with Crippen molar-refractivity contribution in [2.24, 2.45) is 0 Å². The number of aromatic nitrogens is 2. The number of hydrogen-bond donors (Lipinski definition) is 2. The van der Waals surface area contributed by atoms with E-state index in [0.717, 1.165) is 34.8 Å². The summed E-state index contributed by atoms with van der Waals surface area (Å²) in [4.78, 5) is 0. The Bertz CT molecular complexity index is 847. The molecule has 0 aliphatic carbocycles. The van der Waals surface area contributed by atoms with Gasteiger partial charge in [-0.25, -0.2) is 4.68 Å². The zero-order valence-corrected chi connectivity index (χ0v) is 15.4. The van der Waals surface area contributed by atoms with E-state index in [2.05, 4.69) is 5.32 Å². The average Bonchev–Trinajstić information content (AvgIpc) is 3.09. The molecule has 0 spiro atoms. The van der Waals surface area contributed by atoms with E-state index in [1.54, 1.807) is 7.11 Å². The highest BCUT2D eigenvalue weighted by molar-refractivity contribution is 6.33. The third-order valence-electron chi connectivity index (χ3n) is 4.08. The first-order valence-electron chi connectivity index (χ1n) is 8.52. The molecule has 3 aromatic rings. The molecule has 0 saturated carbocycles. The molecule has 3 rings (SSSR count). The second-order valence-corrected chi connectivity index (χ2v) is 6.29. The third kappa shape index (κ3) is 4.25. The van der Waals surface area contributed by atoms with Gasteiger partial charge in [0.25, 0.3) is 0 Å². The molecule has 5 nitrogen and oxygen atoms in total. The molecular weight excluding hydrogens is 350 g/mol. The molecule has 0 amide bonds. The Hall–Kier alpha value is -2.34. The van der Waals surface area contributed by atoms with Crippen LogP contribution in [0.1, 0.15) is 12.0 Å². The van der Waals surface area contributed by atoms with Gasteiger partial charge < -0.3 is 15.2 Å². The normalized spacial score (nSPS) is 10.9. The van der Waals surface area contributed by atoms with Gasteiger partial charge in [-0.3, -0.25) is 0 Å². The fourth-order valence-electron chi connectivity index (χ4n) is 2.71. The van der Waals surface area contributed by atoms with E-state index >= 15 is 0 Å². The van der Waals surface area contributed by atoms with Crippen molar-refractivity contribution in [2.45, 2.75) is 13.0 Å². The summed E-state index contributed by atoms with van der Waals surface area (Å²) in [6.45, 7) is 1.57. The highest BCUT2D eigenvalue weighted by Gasteiger charge is 2.14. The summed E-state index contributed by atoms with van der Waals surface area (Å²) in [6, 6.07) is 15.4. The highest BCUT2D eigenvalue weighted by atomic mass is 35.5. The summed E-state index contributed by atoms with van der Waals surface area (Å²) in [7, 11) is 1.65. The Morgan fingerprint density at radius 1 is 1.15 bits per heavy atom. The fourth-order valence-corrected chi connectivity index (χ4v) is 2.94. The Morgan fingerprint density at radius 3 is 2.62 bits per heavy atom. The molecule has 136 valence electrons. The van der Waals surface area contributed by atoms with Crippen molar-refractivity contribution in [3.63, 3.8) is 0 Å². The van der Waals surface area contributed by atoms with E-state index in [-0.39, 0.29) is 6.61 Å². The number of aliphatic hydroxyl groups excluding tert-OH is 1. The lowest BCUT2D eigenvalue weighted by Crippen LogP contribution is -2.15. The van der Waals surface area contributed by atoms with Crippen molar-refractivity contribution in [3.8, 4) is 22.7 Å². The van der Waals surface area contributed by atoms with Crippen LogP contribution in [0.2, 0.25) is 5.02 Å². The molecule has 0 aliphatic heterocycles. The maximum Gasteiger partial charge on any atom is 0.119 e. The van der Waals surface area contributed by atoms with Crippen molar-refractivity contribution >= 4 is 11.6 Å². The van der Waals surface area contributed by atoms with Crippen LogP contribution in [0.25, 0.3) is 16.9 Å². The molecule has 2 aromatic carbocycles. The second kappa shape index (κ2) is 8.85. The van der Waals surface area contributed by atoms with Gasteiger partial charge in [-0.1, -0.05) is 29.8 Å². The van der Waals surface area contributed by atoms with Gasteiger partial charge >= 0.3 is 0 Å². The quantitative estimate of drug-likeness (QED) is 0.593. The molecule has 0 atom stereocenters. The van der Waals surface area contributed by atoms with Crippen molar-refractivity contribution in [1.29, 1.82) is 0 Å². The Kier molecular flexibility index (Phi) is 6.28. The van der Waals surface area contributed by atoms with Crippen molar-refractivity contribution < 1.29 is 9.84 Å². The van der Waals surface area contributed by atoms with Crippen LogP contribution in [0.4, 0.5) is 0 Å².